The molecule has 48 heavy (non-hydrogen) atoms. The quantitative estimate of drug-likeness (QED) is 0.110. The minimum atomic E-state index is -3.65. The predicted molar refractivity (Wildman–Crippen MR) is 187 cm³/mol. The summed E-state index contributed by atoms with van der Waals surface area (Å²) in [4.78, 5) is 28.1. The number of carbonyl (C=O) groups is 1. The summed E-state index contributed by atoms with van der Waals surface area (Å²) >= 11 is 12.4. The summed E-state index contributed by atoms with van der Waals surface area (Å²) in [5.74, 6) is 0.483. The fourth-order valence-corrected chi connectivity index (χ4v) is 7.94. The molecular formula is C32H41ClFN6O6PS. The van der Waals surface area contributed by atoms with E-state index in [4.69, 9.17) is 41.9 Å². The van der Waals surface area contributed by atoms with Crippen LogP contribution in [0.3, 0.4) is 0 Å². The number of nitrogens with one attached hydrogen (secondary N) is 1. The van der Waals surface area contributed by atoms with E-state index in [0.29, 0.717) is 28.6 Å². The maximum atomic E-state index is 16.0. The number of aromatic nitrogens is 4. The summed E-state index contributed by atoms with van der Waals surface area (Å²) in [6.07, 6.45) is -3.64. The van der Waals surface area contributed by atoms with Crippen LogP contribution in [0.5, 0.6) is 5.75 Å². The molecule has 1 saturated heterocycles. The average molecular weight is 723 g/mol. The molecule has 0 unspecified atom stereocenters. The van der Waals surface area contributed by atoms with E-state index >= 15 is 4.39 Å². The van der Waals surface area contributed by atoms with Gasteiger partial charge in [-0.25, -0.2) is 24.4 Å². The minimum absolute atomic E-state index is 0.184. The molecule has 0 amide bonds. The van der Waals surface area contributed by atoms with Crippen LogP contribution in [0.4, 0.5) is 10.2 Å². The number of aliphatic hydroxyl groups excluding tert-OH is 1. The van der Waals surface area contributed by atoms with Crippen molar-refractivity contribution in [3.05, 3.63) is 54.6 Å². The third kappa shape index (κ3) is 7.60. The SMILES string of the molecule is Cc1nc(N(C)C)c2ncn([C@@H]3O[C@](CCl)(CO[P@@](=S)(N[C@H](C)C(=O)OCC(C)(C)C)Oc4cccc5ccccc45)[C@@H](O)[C@@H]3F)c2n1. The molecule has 0 saturated carbocycles. The van der Waals surface area contributed by atoms with Gasteiger partial charge in [0.25, 0.3) is 0 Å². The van der Waals surface area contributed by atoms with Crippen LogP contribution in [0.25, 0.3) is 21.9 Å². The van der Waals surface area contributed by atoms with E-state index in [-0.39, 0.29) is 17.9 Å². The number of hydrogen-bond donors (Lipinski definition) is 2. The monoisotopic (exact) mass is 722 g/mol. The zero-order chi connectivity index (χ0) is 35.0. The van der Waals surface area contributed by atoms with Gasteiger partial charge in [0.1, 0.15) is 29.3 Å². The molecule has 16 heteroatoms. The Morgan fingerprint density at radius 2 is 1.96 bits per heavy atom. The maximum absolute atomic E-state index is 16.0. The summed E-state index contributed by atoms with van der Waals surface area (Å²) in [6, 6.07) is 12.1. The van der Waals surface area contributed by atoms with Crippen LogP contribution >= 0.6 is 18.2 Å². The predicted octanol–water partition coefficient (Wildman–Crippen LogP) is 5.45. The molecule has 0 bridgehead atoms. The van der Waals surface area contributed by atoms with Gasteiger partial charge in [0.15, 0.2) is 29.4 Å². The van der Waals surface area contributed by atoms with Crippen molar-refractivity contribution in [1.29, 1.82) is 0 Å². The van der Waals surface area contributed by atoms with Crippen molar-refractivity contribution in [3.8, 4) is 5.75 Å². The Morgan fingerprint density at radius 3 is 2.65 bits per heavy atom. The number of aliphatic hydroxyl groups is 1. The molecule has 2 N–H and O–H groups in total. The summed E-state index contributed by atoms with van der Waals surface area (Å²) < 4.78 is 41.8. The maximum Gasteiger partial charge on any atom is 0.323 e. The molecule has 12 nitrogen and oxygen atoms in total. The fourth-order valence-electron chi connectivity index (χ4n) is 5.20. The standard InChI is InChI=1S/C32H41ClFN6O6PS/c1-19(30(42)43-16-31(3,4)5)38-47(48,46-23-14-10-12-21-11-8-9-13-22(21)23)44-17-32(15-33)26(41)24(34)29(45-32)40-18-35-25-27(39(6)7)36-20(2)37-28(25)40/h8-14,18-19,24,26,29,41H,15-17H2,1-7H3,(H,38,48)/t19-,24+,26+,29-,32-,47+/m1/s1. The van der Waals surface area contributed by atoms with Crippen LogP contribution in [-0.2, 0) is 30.6 Å². The van der Waals surface area contributed by atoms with E-state index in [1.807, 2.05) is 71.3 Å². The fraction of sp³-hybridized carbons (Fsp3) is 0.500. The summed E-state index contributed by atoms with van der Waals surface area (Å²) in [6.45, 7) is 5.20. The number of aryl methyl sites for hydroxylation is 1. The van der Waals surface area contributed by atoms with Crippen molar-refractivity contribution in [2.75, 3.05) is 38.1 Å². The van der Waals surface area contributed by atoms with E-state index in [1.54, 1.807) is 24.8 Å². The zero-order valence-electron chi connectivity index (χ0n) is 27.9. The van der Waals surface area contributed by atoms with E-state index in [2.05, 4.69) is 20.0 Å². The first kappa shape index (κ1) is 36.3. The van der Waals surface area contributed by atoms with Gasteiger partial charge in [-0.2, -0.15) is 0 Å². The molecule has 0 radical (unpaired) electrons. The molecule has 1 aliphatic rings. The number of rotatable bonds is 12. The van der Waals surface area contributed by atoms with E-state index < -0.39 is 49.4 Å². The number of carbonyl (C=O) groups excluding carboxylic acids is 1. The third-order valence-corrected chi connectivity index (χ3v) is 10.6. The Morgan fingerprint density at radius 1 is 1.25 bits per heavy atom. The van der Waals surface area contributed by atoms with Crippen molar-refractivity contribution in [2.24, 2.45) is 5.41 Å². The number of alkyl halides is 2. The number of esters is 1. The number of fused-ring (bicyclic) bond motifs is 2. The summed E-state index contributed by atoms with van der Waals surface area (Å²) in [5.41, 5.74) is -1.26. The Hall–Kier alpha value is -2.97. The minimum Gasteiger partial charge on any atom is -0.464 e. The molecule has 2 aromatic carbocycles. The highest BCUT2D eigenvalue weighted by Gasteiger charge is 2.57. The topological polar surface area (TPSA) is 133 Å². The highest BCUT2D eigenvalue weighted by molar-refractivity contribution is 8.09. The Kier molecular flexibility index (Phi) is 10.7. The first-order valence-corrected chi connectivity index (χ1v) is 18.5. The molecule has 0 aliphatic carbocycles. The summed E-state index contributed by atoms with van der Waals surface area (Å²) in [5, 5.41) is 16.0. The Balaban J connectivity index is 1.44. The molecule has 1 aliphatic heterocycles. The Bertz CT molecular complexity index is 1840. The third-order valence-electron chi connectivity index (χ3n) is 7.71. The van der Waals surface area contributed by atoms with Gasteiger partial charge in [-0.3, -0.25) is 9.36 Å². The smallest absolute Gasteiger partial charge is 0.323 e. The highest BCUT2D eigenvalue weighted by Crippen LogP contribution is 2.50. The van der Waals surface area contributed by atoms with Crippen LogP contribution < -0.4 is 14.5 Å². The molecule has 260 valence electrons. The number of imidazole rings is 1. The second-order valence-electron chi connectivity index (χ2n) is 13.3. The van der Waals surface area contributed by atoms with Gasteiger partial charge < -0.3 is 28.5 Å². The number of halogens is 2. The van der Waals surface area contributed by atoms with Crippen molar-refractivity contribution in [3.63, 3.8) is 0 Å². The molecule has 3 heterocycles. The van der Waals surface area contributed by atoms with Gasteiger partial charge in [-0.1, -0.05) is 57.2 Å². The molecule has 1 fully saturated rings. The molecule has 6 atom stereocenters. The number of hydrogen-bond acceptors (Lipinski definition) is 11. The number of benzene rings is 2. The average Bonchev–Trinajstić information content (AvgIpc) is 3.56. The van der Waals surface area contributed by atoms with E-state index in [9.17, 15) is 9.90 Å². The van der Waals surface area contributed by atoms with Crippen LogP contribution in [0.15, 0.2) is 48.8 Å². The van der Waals surface area contributed by atoms with Gasteiger partial charge in [-0.05, 0) is 42.5 Å². The number of anilines is 1. The van der Waals surface area contributed by atoms with Crippen LogP contribution in [-0.4, -0.2) is 87.7 Å². The highest BCUT2D eigenvalue weighted by atomic mass is 35.5. The number of ether oxygens (including phenoxy) is 2. The van der Waals surface area contributed by atoms with Crippen LogP contribution in [0.1, 0.15) is 39.7 Å². The largest absolute Gasteiger partial charge is 0.464 e. The van der Waals surface area contributed by atoms with Gasteiger partial charge in [0.2, 0.25) is 0 Å². The van der Waals surface area contributed by atoms with Crippen molar-refractivity contribution < 1.29 is 32.8 Å². The molecule has 2 aromatic heterocycles. The van der Waals surface area contributed by atoms with E-state index in [1.165, 1.54) is 10.9 Å². The van der Waals surface area contributed by atoms with Gasteiger partial charge in [0, 0.05) is 19.5 Å². The van der Waals surface area contributed by atoms with Gasteiger partial charge in [0.05, 0.1) is 25.4 Å². The lowest BCUT2D eigenvalue weighted by atomic mass is 9.99. The molecular weight excluding hydrogens is 682 g/mol. The molecule has 4 aromatic rings. The lowest BCUT2D eigenvalue weighted by Gasteiger charge is -2.33. The Labute approximate surface area is 289 Å². The van der Waals surface area contributed by atoms with Crippen molar-refractivity contribution in [2.45, 2.75) is 64.8 Å². The van der Waals surface area contributed by atoms with Crippen molar-refractivity contribution in [1.82, 2.24) is 24.6 Å². The zero-order valence-corrected chi connectivity index (χ0v) is 30.4. The molecule has 0 spiro atoms. The molecule has 5 rings (SSSR count). The van der Waals surface area contributed by atoms with Gasteiger partial charge >= 0.3 is 12.6 Å². The van der Waals surface area contributed by atoms with Gasteiger partial charge in [-0.15, -0.1) is 11.6 Å². The lowest BCUT2D eigenvalue weighted by molar-refractivity contribution is -0.148. The van der Waals surface area contributed by atoms with Crippen LogP contribution in [0.2, 0.25) is 0 Å². The van der Waals surface area contributed by atoms with Crippen LogP contribution in [0, 0.1) is 12.3 Å². The second kappa shape index (κ2) is 14.1. The normalized spacial score (nSPS) is 23.2. The first-order valence-electron chi connectivity index (χ1n) is 15.4. The van der Waals surface area contributed by atoms with Crippen molar-refractivity contribution >= 4 is 63.8 Å². The summed E-state index contributed by atoms with van der Waals surface area (Å²) in [7, 11) is 3.63. The first-order chi connectivity index (χ1) is 22.6. The van der Waals surface area contributed by atoms with E-state index in [0.717, 1.165) is 10.8 Å². The second-order valence-corrected chi connectivity index (χ2v) is 16.7. The number of nitrogens with zero attached hydrogens (tertiary/aromatic N) is 5. The lowest BCUT2D eigenvalue weighted by Crippen LogP contribution is -2.48.